The van der Waals surface area contributed by atoms with Gasteiger partial charge in [-0.05, 0) is 49.9 Å². The lowest BCUT2D eigenvalue weighted by Crippen LogP contribution is -2.26. The Bertz CT molecular complexity index is 1380. The molecule has 4 aromatic rings. The van der Waals surface area contributed by atoms with Gasteiger partial charge in [0.1, 0.15) is 17.5 Å². The minimum absolute atomic E-state index is 0.0683. The number of nitrogens with zero attached hydrogens (tertiary/aromatic N) is 4. The third-order valence-electron chi connectivity index (χ3n) is 5.30. The minimum atomic E-state index is -0.347. The predicted octanol–water partition coefficient (Wildman–Crippen LogP) is 4.02. The van der Waals surface area contributed by atoms with E-state index in [9.17, 15) is 10.1 Å². The van der Waals surface area contributed by atoms with E-state index in [-0.39, 0.29) is 23.1 Å². The monoisotopic (exact) mass is 410 g/mol. The standard InChI is InChI=1S/C24H22N6O/c1-14-7-9-19(10-8-14)30-20(11-17-6-4-5-15(2)21(17)23(30)31)16(3)28-22-18(12-25)13-27-24(26)29-22/h4-11,13,16H,1-3H3,(H3,26,27,28,29)/t16-/m0/s1. The molecule has 0 aliphatic carbocycles. The first-order valence-corrected chi connectivity index (χ1v) is 9.90. The first-order chi connectivity index (χ1) is 14.9. The van der Waals surface area contributed by atoms with Crippen LogP contribution in [0, 0.1) is 25.2 Å². The highest BCUT2D eigenvalue weighted by Gasteiger charge is 2.19. The Morgan fingerprint density at radius 3 is 2.61 bits per heavy atom. The molecule has 2 aromatic carbocycles. The molecule has 3 N–H and O–H groups in total. The molecule has 0 fully saturated rings. The number of nitrogens with one attached hydrogen (secondary N) is 1. The molecule has 0 bridgehead atoms. The lowest BCUT2D eigenvalue weighted by Gasteiger charge is -2.22. The fourth-order valence-corrected chi connectivity index (χ4v) is 3.70. The summed E-state index contributed by atoms with van der Waals surface area (Å²) in [6.07, 6.45) is 1.38. The summed E-state index contributed by atoms with van der Waals surface area (Å²) in [5.74, 6) is 0.397. The number of rotatable bonds is 4. The van der Waals surface area contributed by atoms with Crippen LogP contribution in [0.3, 0.4) is 0 Å². The minimum Gasteiger partial charge on any atom is -0.368 e. The van der Waals surface area contributed by atoms with Gasteiger partial charge in [0.25, 0.3) is 5.56 Å². The SMILES string of the molecule is Cc1ccc(-n2c([C@H](C)Nc3nc(N)ncc3C#N)cc3cccc(C)c3c2=O)cc1. The van der Waals surface area contributed by atoms with Crippen molar-refractivity contribution in [3.63, 3.8) is 0 Å². The summed E-state index contributed by atoms with van der Waals surface area (Å²) in [6.45, 7) is 5.86. The predicted molar refractivity (Wildman–Crippen MR) is 122 cm³/mol. The third kappa shape index (κ3) is 3.71. The number of hydrogen-bond donors (Lipinski definition) is 2. The summed E-state index contributed by atoms with van der Waals surface area (Å²) in [5, 5.41) is 14.2. The van der Waals surface area contributed by atoms with Crippen LogP contribution in [-0.2, 0) is 0 Å². The van der Waals surface area contributed by atoms with E-state index in [0.717, 1.165) is 27.9 Å². The fraction of sp³-hybridized carbons (Fsp3) is 0.167. The number of fused-ring (bicyclic) bond motifs is 1. The highest BCUT2D eigenvalue weighted by atomic mass is 16.1. The first-order valence-electron chi connectivity index (χ1n) is 9.90. The summed E-state index contributed by atoms with van der Waals surface area (Å²) in [7, 11) is 0. The van der Waals surface area contributed by atoms with Gasteiger partial charge < -0.3 is 11.1 Å². The number of nitriles is 1. The molecule has 4 rings (SSSR count). The molecule has 0 amide bonds. The summed E-state index contributed by atoms with van der Waals surface area (Å²) < 4.78 is 1.71. The molecule has 31 heavy (non-hydrogen) atoms. The van der Waals surface area contributed by atoms with Gasteiger partial charge in [-0.25, -0.2) is 4.98 Å². The molecular formula is C24H22N6O. The smallest absolute Gasteiger partial charge is 0.263 e. The molecule has 0 saturated carbocycles. The average Bonchev–Trinajstić information content (AvgIpc) is 2.74. The third-order valence-corrected chi connectivity index (χ3v) is 5.30. The van der Waals surface area contributed by atoms with Crippen molar-refractivity contribution >= 4 is 22.5 Å². The molecule has 2 heterocycles. The zero-order valence-electron chi connectivity index (χ0n) is 17.5. The second-order valence-corrected chi connectivity index (χ2v) is 7.55. The van der Waals surface area contributed by atoms with E-state index in [1.807, 2.05) is 69.3 Å². The second kappa shape index (κ2) is 7.92. The van der Waals surface area contributed by atoms with Gasteiger partial charge in [0.05, 0.1) is 17.6 Å². The fourth-order valence-electron chi connectivity index (χ4n) is 3.70. The molecule has 0 saturated heterocycles. The van der Waals surface area contributed by atoms with Crippen LogP contribution in [0.25, 0.3) is 16.5 Å². The Morgan fingerprint density at radius 1 is 1.16 bits per heavy atom. The van der Waals surface area contributed by atoms with Crippen LogP contribution >= 0.6 is 0 Å². The number of nitrogens with two attached hydrogens (primary N) is 1. The van der Waals surface area contributed by atoms with E-state index in [1.54, 1.807) is 4.57 Å². The van der Waals surface area contributed by atoms with Gasteiger partial charge in [0, 0.05) is 11.4 Å². The molecule has 7 heteroatoms. The van der Waals surface area contributed by atoms with Crippen LogP contribution in [-0.4, -0.2) is 14.5 Å². The highest BCUT2D eigenvalue weighted by molar-refractivity contribution is 5.85. The number of aryl methyl sites for hydroxylation is 2. The van der Waals surface area contributed by atoms with E-state index in [1.165, 1.54) is 6.20 Å². The van der Waals surface area contributed by atoms with Crippen molar-refractivity contribution < 1.29 is 0 Å². The molecule has 7 nitrogen and oxygen atoms in total. The van der Waals surface area contributed by atoms with Crippen molar-refractivity contribution in [3.8, 4) is 11.8 Å². The Morgan fingerprint density at radius 2 is 1.90 bits per heavy atom. The van der Waals surface area contributed by atoms with E-state index < -0.39 is 0 Å². The van der Waals surface area contributed by atoms with Crippen LogP contribution in [0.2, 0.25) is 0 Å². The van der Waals surface area contributed by atoms with Crippen molar-refractivity contribution in [2.24, 2.45) is 0 Å². The maximum absolute atomic E-state index is 13.6. The van der Waals surface area contributed by atoms with E-state index in [0.29, 0.717) is 11.2 Å². The molecular weight excluding hydrogens is 388 g/mol. The van der Waals surface area contributed by atoms with Gasteiger partial charge in [-0.15, -0.1) is 0 Å². The molecule has 1 atom stereocenters. The number of aromatic nitrogens is 3. The largest absolute Gasteiger partial charge is 0.368 e. The normalized spacial score (nSPS) is 11.8. The Labute approximate surface area is 179 Å². The summed E-state index contributed by atoms with van der Waals surface area (Å²) in [4.78, 5) is 21.7. The zero-order valence-corrected chi connectivity index (χ0v) is 17.5. The molecule has 0 aliphatic heterocycles. The highest BCUT2D eigenvalue weighted by Crippen LogP contribution is 2.26. The van der Waals surface area contributed by atoms with Gasteiger partial charge in [-0.3, -0.25) is 9.36 Å². The number of hydrogen-bond acceptors (Lipinski definition) is 6. The molecule has 2 aromatic heterocycles. The van der Waals surface area contributed by atoms with Crippen molar-refractivity contribution in [1.82, 2.24) is 14.5 Å². The molecule has 0 aliphatic rings. The molecule has 0 radical (unpaired) electrons. The topological polar surface area (TPSA) is 110 Å². The van der Waals surface area contributed by atoms with Crippen LogP contribution in [0.1, 0.15) is 35.3 Å². The molecule has 0 unspecified atom stereocenters. The Hall–Kier alpha value is -4.18. The zero-order chi connectivity index (χ0) is 22.1. The number of anilines is 2. The number of benzene rings is 2. The van der Waals surface area contributed by atoms with Gasteiger partial charge in [-0.1, -0.05) is 35.9 Å². The van der Waals surface area contributed by atoms with Gasteiger partial charge >= 0.3 is 0 Å². The lowest BCUT2D eigenvalue weighted by atomic mass is 10.0. The number of nitrogen functional groups attached to an aromatic ring is 1. The van der Waals surface area contributed by atoms with Crippen LogP contribution in [0.15, 0.2) is 59.5 Å². The van der Waals surface area contributed by atoms with Gasteiger partial charge in [-0.2, -0.15) is 10.2 Å². The Kier molecular flexibility index (Phi) is 5.14. The van der Waals surface area contributed by atoms with Gasteiger partial charge in [0.15, 0.2) is 0 Å². The Balaban J connectivity index is 1.93. The van der Waals surface area contributed by atoms with E-state index in [2.05, 4.69) is 21.4 Å². The van der Waals surface area contributed by atoms with Gasteiger partial charge in [0.2, 0.25) is 5.95 Å². The lowest BCUT2D eigenvalue weighted by molar-refractivity contribution is 0.772. The van der Waals surface area contributed by atoms with Crippen molar-refractivity contribution in [2.75, 3.05) is 11.1 Å². The van der Waals surface area contributed by atoms with Crippen LogP contribution < -0.4 is 16.6 Å². The quantitative estimate of drug-likeness (QED) is 0.526. The molecule has 0 spiro atoms. The second-order valence-electron chi connectivity index (χ2n) is 7.55. The van der Waals surface area contributed by atoms with Crippen molar-refractivity contribution in [1.29, 1.82) is 5.26 Å². The maximum atomic E-state index is 13.6. The van der Waals surface area contributed by atoms with E-state index in [4.69, 9.17) is 5.73 Å². The van der Waals surface area contributed by atoms with Crippen LogP contribution in [0.4, 0.5) is 11.8 Å². The summed E-state index contributed by atoms with van der Waals surface area (Å²) in [6, 6.07) is 17.3. The summed E-state index contributed by atoms with van der Waals surface area (Å²) >= 11 is 0. The van der Waals surface area contributed by atoms with E-state index >= 15 is 0 Å². The van der Waals surface area contributed by atoms with Crippen molar-refractivity contribution in [3.05, 3.63) is 87.5 Å². The van der Waals surface area contributed by atoms with Crippen molar-refractivity contribution in [2.45, 2.75) is 26.8 Å². The van der Waals surface area contributed by atoms with Crippen LogP contribution in [0.5, 0.6) is 0 Å². The summed E-state index contributed by atoms with van der Waals surface area (Å²) in [5.41, 5.74) is 9.45. The average molecular weight is 410 g/mol. The maximum Gasteiger partial charge on any atom is 0.263 e. The first kappa shape index (κ1) is 20.1. The number of pyridine rings is 1. The molecule has 154 valence electrons.